The van der Waals surface area contributed by atoms with Gasteiger partial charge in [0.2, 0.25) is 5.91 Å². The number of morpholine rings is 1. The van der Waals surface area contributed by atoms with Gasteiger partial charge in [-0.3, -0.25) is 4.79 Å². The van der Waals surface area contributed by atoms with Crippen molar-refractivity contribution in [1.82, 2.24) is 5.32 Å². The fourth-order valence-corrected chi connectivity index (χ4v) is 3.86. The maximum atomic E-state index is 12.3. The van der Waals surface area contributed by atoms with Crippen LogP contribution in [0.15, 0.2) is 48.5 Å². The van der Waals surface area contributed by atoms with Gasteiger partial charge in [0.05, 0.1) is 19.6 Å². The fraction of sp³-hybridized carbons (Fsp3) is 0.409. The average Bonchev–Trinajstić information content (AvgIpc) is 3.12. The molecule has 1 fully saturated rings. The molecule has 27 heavy (non-hydrogen) atoms. The van der Waals surface area contributed by atoms with Crippen LogP contribution in [0, 0.1) is 0 Å². The molecule has 0 aromatic heterocycles. The van der Waals surface area contributed by atoms with E-state index >= 15 is 0 Å². The first-order valence-electron chi connectivity index (χ1n) is 9.81. The number of hydrogen-bond acceptors (Lipinski definition) is 4. The van der Waals surface area contributed by atoms with E-state index in [9.17, 15) is 4.79 Å². The summed E-state index contributed by atoms with van der Waals surface area (Å²) in [7, 11) is 0. The minimum atomic E-state index is 0.0848. The van der Waals surface area contributed by atoms with Crippen LogP contribution in [0.1, 0.15) is 11.1 Å². The van der Waals surface area contributed by atoms with Crippen molar-refractivity contribution < 1.29 is 9.53 Å². The quantitative estimate of drug-likeness (QED) is 0.853. The number of ether oxygens (including phenoxy) is 1. The molecule has 5 heteroatoms. The third-order valence-corrected chi connectivity index (χ3v) is 5.36. The van der Waals surface area contributed by atoms with Gasteiger partial charge in [-0.15, -0.1) is 0 Å². The van der Waals surface area contributed by atoms with Gasteiger partial charge in [-0.05, 0) is 35.7 Å². The molecule has 0 saturated carbocycles. The molecule has 2 heterocycles. The van der Waals surface area contributed by atoms with Crippen LogP contribution in [0.25, 0.3) is 0 Å². The van der Waals surface area contributed by atoms with E-state index in [1.165, 1.54) is 16.9 Å². The van der Waals surface area contributed by atoms with Gasteiger partial charge >= 0.3 is 0 Å². The predicted molar refractivity (Wildman–Crippen MR) is 109 cm³/mol. The van der Waals surface area contributed by atoms with E-state index in [0.29, 0.717) is 13.0 Å². The molecule has 5 nitrogen and oxygen atoms in total. The molecule has 2 aromatic carbocycles. The van der Waals surface area contributed by atoms with Gasteiger partial charge in [-0.2, -0.15) is 0 Å². The summed E-state index contributed by atoms with van der Waals surface area (Å²) in [6, 6.07) is 16.9. The van der Waals surface area contributed by atoms with E-state index in [2.05, 4.69) is 63.6 Å². The van der Waals surface area contributed by atoms with Crippen LogP contribution in [0.5, 0.6) is 0 Å². The van der Waals surface area contributed by atoms with Gasteiger partial charge in [0.1, 0.15) is 0 Å². The van der Waals surface area contributed by atoms with Crippen molar-refractivity contribution in [2.45, 2.75) is 12.8 Å². The van der Waals surface area contributed by atoms with E-state index in [1.54, 1.807) is 0 Å². The van der Waals surface area contributed by atoms with Crippen LogP contribution in [-0.4, -0.2) is 51.8 Å². The fourth-order valence-electron chi connectivity index (χ4n) is 3.86. The van der Waals surface area contributed by atoms with Crippen LogP contribution < -0.4 is 15.1 Å². The molecule has 142 valence electrons. The standard InChI is InChI=1S/C22H27N3O2/c26-22(23-10-12-25-11-9-19-3-1-2-4-21(19)25)17-18-5-7-20(8-6-18)24-13-15-27-16-14-24/h1-8H,9-17H2,(H,23,26). The number of nitrogens with one attached hydrogen (secondary N) is 1. The Labute approximate surface area is 160 Å². The normalized spacial score (nSPS) is 16.3. The Balaban J connectivity index is 1.23. The minimum Gasteiger partial charge on any atom is -0.378 e. The first-order valence-corrected chi connectivity index (χ1v) is 9.81. The second-order valence-electron chi connectivity index (χ2n) is 7.16. The molecule has 1 saturated heterocycles. The number of nitrogens with zero attached hydrogens (tertiary/aromatic N) is 2. The summed E-state index contributed by atoms with van der Waals surface area (Å²) in [5.74, 6) is 0.0848. The van der Waals surface area contributed by atoms with Gasteiger partial charge in [0, 0.05) is 44.1 Å². The van der Waals surface area contributed by atoms with E-state index < -0.39 is 0 Å². The summed E-state index contributed by atoms with van der Waals surface area (Å²) in [6.45, 7) is 6.01. The van der Waals surface area contributed by atoms with Crippen LogP contribution in [0.3, 0.4) is 0 Å². The van der Waals surface area contributed by atoms with Crippen molar-refractivity contribution in [2.75, 3.05) is 55.7 Å². The molecule has 1 N–H and O–H groups in total. The summed E-state index contributed by atoms with van der Waals surface area (Å²) >= 11 is 0. The predicted octanol–water partition coefficient (Wildman–Crippen LogP) is 2.24. The first-order chi connectivity index (χ1) is 13.3. The number of fused-ring (bicyclic) bond motifs is 1. The molecule has 0 aliphatic carbocycles. The number of benzene rings is 2. The van der Waals surface area contributed by atoms with Crippen molar-refractivity contribution in [3.63, 3.8) is 0 Å². The number of amides is 1. The zero-order valence-corrected chi connectivity index (χ0v) is 15.7. The third kappa shape index (κ3) is 4.42. The summed E-state index contributed by atoms with van der Waals surface area (Å²) in [6.07, 6.45) is 1.53. The highest BCUT2D eigenvalue weighted by Gasteiger charge is 2.17. The van der Waals surface area contributed by atoms with Crippen molar-refractivity contribution in [3.05, 3.63) is 59.7 Å². The third-order valence-electron chi connectivity index (χ3n) is 5.36. The SMILES string of the molecule is O=C(Cc1ccc(N2CCOCC2)cc1)NCCN1CCc2ccccc21. The van der Waals surface area contributed by atoms with Gasteiger partial charge in [-0.1, -0.05) is 30.3 Å². The Bertz CT molecular complexity index is 769. The number of carbonyl (C=O) groups excluding carboxylic acids is 1. The lowest BCUT2D eigenvalue weighted by Gasteiger charge is -2.28. The lowest BCUT2D eigenvalue weighted by atomic mass is 10.1. The van der Waals surface area contributed by atoms with Gasteiger partial charge in [0.25, 0.3) is 0 Å². The highest BCUT2D eigenvalue weighted by molar-refractivity contribution is 5.78. The summed E-state index contributed by atoms with van der Waals surface area (Å²) < 4.78 is 5.39. The highest BCUT2D eigenvalue weighted by atomic mass is 16.5. The summed E-state index contributed by atoms with van der Waals surface area (Å²) in [4.78, 5) is 16.9. The van der Waals surface area contributed by atoms with Crippen molar-refractivity contribution in [1.29, 1.82) is 0 Å². The van der Waals surface area contributed by atoms with Crippen LogP contribution in [-0.2, 0) is 22.4 Å². The zero-order chi connectivity index (χ0) is 18.5. The number of anilines is 2. The van der Waals surface area contributed by atoms with Crippen LogP contribution >= 0.6 is 0 Å². The molecular formula is C22H27N3O2. The first kappa shape index (κ1) is 17.9. The monoisotopic (exact) mass is 365 g/mol. The van der Waals surface area contributed by atoms with Gasteiger partial charge in [-0.25, -0.2) is 0 Å². The molecule has 4 rings (SSSR count). The molecule has 0 bridgehead atoms. The molecule has 1 amide bonds. The zero-order valence-electron chi connectivity index (χ0n) is 15.7. The average molecular weight is 365 g/mol. The maximum absolute atomic E-state index is 12.3. The van der Waals surface area contributed by atoms with Crippen molar-refractivity contribution in [3.8, 4) is 0 Å². The smallest absolute Gasteiger partial charge is 0.224 e. The van der Waals surface area contributed by atoms with Gasteiger partial charge in [0.15, 0.2) is 0 Å². The molecule has 0 radical (unpaired) electrons. The van der Waals surface area contributed by atoms with Crippen LogP contribution in [0.4, 0.5) is 11.4 Å². The van der Waals surface area contributed by atoms with Crippen LogP contribution in [0.2, 0.25) is 0 Å². The van der Waals surface area contributed by atoms with Crippen molar-refractivity contribution >= 4 is 17.3 Å². The molecule has 2 aromatic rings. The molecule has 0 atom stereocenters. The molecular weight excluding hydrogens is 338 g/mol. The molecule has 2 aliphatic rings. The van der Waals surface area contributed by atoms with E-state index in [4.69, 9.17) is 4.74 Å². The number of carbonyl (C=O) groups is 1. The largest absolute Gasteiger partial charge is 0.378 e. The van der Waals surface area contributed by atoms with E-state index in [-0.39, 0.29) is 5.91 Å². The topological polar surface area (TPSA) is 44.8 Å². The Morgan fingerprint density at radius 2 is 1.78 bits per heavy atom. The van der Waals surface area contributed by atoms with E-state index in [1.807, 2.05) is 0 Å². The molecule has 0 spiro atoms. The number of hydrogen-bond donors (Lipinski definition) is 1. The number of rotatable bonds is 6. The lowest BCUT2D eigenvalue weighted by Crippen LogP contribution is -2.36. The minimum absolute atomic E-state index is 0.0848. The molecule has 0 unspecified atom stereocenters. The van der Waals surface area contributed by atoms with E-state index in [0.717, 1.165) is 51.4 Å². The Hall–Kier alpha value is -2.53. The maximum Gasteiger partial charge on any atom is 0.224 e. The van der Waals surface area contributed by atoms with Crippen molar-refractivity contribution in [2.24, 2.45) is 0 Å². The Morgan fingerprint density at radius 1 is 1.00 bits per heavy atom. The number of para-hydroxylation sites is 1. The second-order valence-corrected chi connectivity index (χ2v) is 7.16. The molecule has 2 aliphatic heterocycles. The second kappa shape index (κ2) is 8.44. The Morgan fingerprint density at radius 3 is 2.59 bits per heavy atom. The summed E-state index contributed by atoms with van der Waals surface area (Å²) in [5, 5.41) is 3.06. The summed E-state index contributed by atoms with van der Waals surface area (Å²) in [5.41, 5.74) is 4.97. The lowest BCUT2D eigenvalue weighted by molar-refractivity contribution is -0.120. The van der Waals surface area contributed by atoms with Gasteiger partial charge < -0.3 is 19.9 Å². The highest BCUT2D eigenvalue weighted by Crippen LogP contribution is 2.26. The Kier molecular flexibility index (Phi) is 5.58.